The molecule has 0 radical (unpaired) electrons. The molecule has 28 heavy (non-hydrogen) atoms. The van der Waals surface area contributed by atoms with Crippen LogP contribution < -0.4 is 5.32 Å². The number of amides is 1. The molecule has 5 nitrogen and oxygen atoms in total. The molecular weight excluding hydrogens is 357 g/mol. The Kier molecular flexibility index (Phi) is 4.86. The number of anilines is 1. The fraction of sp³-hybridized carbons (Fsp3) is 0.273. The van der Waals surface area contributed by atoms with Crippen LogP contribution in [0.25, 0.3) is 0 Å². The Morgan fingerprint density at radius 2 is 1.96 bits per heavy atom. The van der Waals surface area contributed by atoms with Crippen LogP contribution in [0.1, 0.15) is 37.7 Å². The second-order valence-electron chi connectivity index (χ2n) is 7.13. The molecule has 1 unspecified atom stereocenters. The van der Waals surface area contributed by atoms with Crippen molar-refractivity contribution < 1.29 is 14.0 Å². The van der Waals surface area contributed by atoms with Crippen molar-refractivity contribution in [2.75, 3.05) is 5.32 Å². The number of hydrogen-bond donors (Lipinski definition) is 1. The van der Waals surface area contributed by atoms with E-state index >= 15 is 0 Å². The maximum absolute atomic E-state index is 13.2. The Balaban J connectivity index is 1.75. The lowest BCUT2D eigenvalue weighted by atomic mass is 9.71. The van der Waals surface area contributed by atoms with E-state index in [1.807, 2.05) is 13.0 Å². The first-order chi connectivity index (χ1) is 13.5. The van der Waals surface area contributed by atoms with E-state index in [-0.39, 0.29) is 17.5 Å². The van der Waals surface area contributed by atoms with Crippen LogP contribution in [-0.4, -0.2) is 22.4 Å². The molecule has 6 heteroatoms. The molecule has 2 heterocycles. The number of pyridine rings is 1. The summed E-state index contributed by atoms with van der Waals surface area (Å²) in [6.07, 6.45) is 5.35. The molecular formula is C22H20FN3O2. The van der Waals surface area contributed by atoms with E-state index in [1.165, 1.54) is 24.3 Å². The first-order valence-corrected chi connectivity index (χ1v) is 9.32. The summed E-state index contributed by atoms with van der Waals surface area (Å²) in [7, 11) is 0. The molecule has 0 spiro atoms. The normalized spacial score (nSPS) is 21.8. The summed E-state index contributed by atoms with van der Waals surface area (Å²) in [5.41, 5.74) is 3.40. The zero-order valence-corrected chi connectivity index (χ0v) is 15.5. The smallest absolute Gasteiger partial charge is 0.234 e. The van der Waals surface area contributed by atoms with E-state index in [4.69, 9.17) is 0 Å². The first-order valence-electron chi connectivity index (χ1n) is 9.32. The number of carbonyl (C=O) groups excluding carboxylic acids is 2. The van der Waals surface area contributed by atoms with Gasteiger partial charge in [0.2, 0.25) is 5.91 Å². The molecule has 2 atom stereocenters. The Bertz CT molecular complexity index is 981. The molecule has 2 aromatic rings. The van der Waals surface area contributed by atoms with E-state index in [0.29, 0.717) is 23.4 Å². The molecule has 1 aromatic heterocycles. The Morgan fingerprint density at radius 3 is 2.68 bits per heavy atom. The number of hydrogen-bond acceptors (Lipinski definition) is 4. The second kappa shape index (κ2) is 7.46. The van der Waals surface area contributed by atoms with Crippen LogP contribution in [0.2, 0.25) is 0 Å². The lowest BCUT2D eigenvalue weighted by Crippen LogP contribution is -2.39. The number of nitrogens with one attached hydrogen (secondary N) is 1. The third-order valence-electron chi connectivity index (χ3n) is 5.27. The van der Waals surface area contributed by atoms with Gasteiger partial charge in [0.25, 0.3) is 0 Å². The number of Topliss-reactive ketones (excluding diaryl/α,β-unsaturated/α-hetero) is 1. The Hall–Kier alpha value is -3.15. The van der Waals surface area contributed by atoms with Crippen molar-refractivity contribution in [2.45, 2.75) is 32.1 Å². The number of allylic oxidation sites excluding steroid dienone is 2. The molecule has 1 aromatic carbocycles. The topological polar surface area (TPSA) is 71.4 Å². The van der Waals surface area contributed by atoms with Crippen molar-refractivity contribution in [1.29, 1.82) is 0 Å². The van der Waals surface area contributed by atoms with Gasteiger partial charge in [-0.15, -0.1) is 0 Å². The molecule has 2 aliphatic rings. The highest BCUT2D eigenvalue weighted by Crippen LogP contribution is 2.43. The van der Waals surface area contributed by atoms with Gasteiger partial charge in [-0.05, 0) is 55.7 Å². The zero-order valence-electron chi connectivity index (χ0n) is 15.5. The lowest BCUT2D eigenvalue weighted by molar-refractivity contribution is -0.119. The lowest BCUT2D eigenvalue weighted by Gasteiger charge is -2.34. The molecule has 1 aliphatic heterocycles. The predicted molar refractivity (Wildman–Crippen MR) is 104 cm³/mol. The summed E-state index contributed by atoms with van der Waals surface area (Å²) in [6.45, 7) is 1.82. The monoisotopic (exact) mass is 377 g/mol. The number of halogens is 1. The molecule has 0 bridgehead atoms. The zero-order chi connectivity index (χ0) is 19.7. The number of ketones is 1. The molecule has 1 amide bonds. The minimum Gasteiger partial charge on any atom is -0.325 e. The van der Waals surface area contributed by atoms with Gasteiger partial charge < -0.3 is 5.32 Å². The van der Waals surface area contributed by atoms with Gasteiger partial charge in [0.05, 0.1) is 5.92 Å². The highest BCUT2D eigenvalue weighted by atomic mass is 19.1. The number of rotatable bonds is 3. The minimum absolute atomic E-state index is 0.0472. The highest BCUT2D eigenvalue weighted by molar-refractivity contribution is 6.13. The summed E-state index contributed by atoms with van der Waals surface area (Å²) in [6, 6.07) is 9.30. The number of nitrogens with zero attached hydrogens (tertiary/aromatic N) is 2. The van der Waals surface area contributed by atoms with Crippen LogP contribution in [0.5, 0.6) is 0 Å². The van der Waals surface area contributed by atoms with E-state index in [2.05, 4.69) is 15.3 Å². The van der Waals surface area contributed by atoms with Gasteiger partial charge in [-0.25, -0.2) is 4.39 Å². The summed E-state index contributed by atoms with van der Waals surface area (Å²) < 4.78 is 13.2. The number of aromatic nitrogens is 1. The SMILES string of the molecule is CC1=NC2=C(C(=O)CCC2)[C@@H](c2cccnc2)C1C(=O)Nc1ccc(F)cc1. The third-order valence-corrected chi connectivity index (χ3v) is 5.27. The summed E-state index contributed by atoms with van der Waals surface area (Å²) in [5, 5.41) is 2.84. The van der Waals surface area contributed by atoms with Gasteiger partial charge in [-0.1, -0.05) is 6.07 Å². The molecule has 0 fully saturated rings. The average molecular weight is 377 g/mol. The average Bonchev–Trinajstić information content (AvgIpc) is 2.69. The van der Waals surface area contributed by atoms with Crippen molar-refractivity contribution in [2.24, 2.45) is 10.9 Å². The number of benzene rings is 1. The van der Waals surface area contributed by atoms with Gasteiger partial charge in [-0.3, -0.25) is 19.6 Å². The van der Waals surface area contributed by atoms with Crippen molar-refractivity contribution in [3.63, 3.8) is 0 Å². The van der Waals surface area contributed by atoms with Crippen molar-refractivity contribution in [1.82, 2.24) is 4.98 Å². The molecule has 1 aliphatic carbocycles. The quantitative estimate of drug-likeness (QED) is 0.877. The first kappa shape index (κ1) is 18.2. The summed E-state index contributed by atoms with van der Waals surface area (Å²) in [5.74, 6) is -1.65. The van der Waals surface area contributed by atoms with Crippen LogP contribution in [0.15, 0.2) is 65.1 Å². The predicted octanol–water partition coefficient (Wildman–Crippen LogP) is 4.04. The third kappa shape index (κ3) is 3.38. The molecule has 142 valence electrons. The van der Waals surface area contributed by atoms with E-state index in [1.54, 1.807) is 18.5 Å². The molecule has 0 saturated heterocycles. The number of carbonyl (C=O) groups is 2. The van der Waals surface area contributed by atoms with Crippen molar-refractivity contribution >= 4 is 23.1 Å². The van der Waals surface area contributed by atoms with Crippen molar-refractivity contribution in [3.8, 4) is 0 Å². The maximum Gasteiger partial charge on any atom is 0.234 e. The fourth-order valence-electron chi connectivity index (χ4n) is 4.02. The maximum atomic E-state index is 13.2. The summed E-state index contributed by atoms with van der Waals surface area (Å²) in [4.78, 5) is 34.8. The van der Waals surface area contributed by atoms with Gasteiger partial charge >= 0.3 is 0 Å². The van der Waals surface area contributed by atoms with Gasteiger partial charge in [0, 0.05) is 47.4 Å². The van der Waals surface area contributed by atoms with Crippen LogP contribution in [0.3, 0.4) is 0 Å². The molecule has 1 N–H and O–H groups in total. The van der Waals surface area contributed by atoms with Crippen molar-refractivity contribution in [3.05, 3.63) is 71.4 Å². The molecule has 0 saturated carbocycles. The van der Waals surface area contributed by atoms with E-state index in [0.717, 1.165) is 24.1 Å². The summed E-state index contributed by atoms with van der Waals surface area (Å²) >= 11 is 0. The Labute approximate surface area is 162 Å². The minimum atomic E-state index is -0.630. The van der Waals surface area contributed by atoms with Crippen LogP contribution in [0, 0.1) is 11.7 Å². The largest absolute Gasteiger partial charge is 0.325 e. The number of aliphatic imine (C=N–C) groups is 1. The highest BCUT2D eigenvalue weighted by Gasteiger charge is 2.42. The van der Waals surface area contributed by atoms with Crippen LogP contribution >= 0.6 is 0 Å². The van der Waals surface area contributed by atoms with E-state index in [9.17, 15) is 14.0 Å². The van der Waals surface area contributed by atoms with Crippen LogP contribution in [-0.2, 0) is 9.59 Å². The van der Waals surface area contributed by atoms with Gasteiger partial charge in [0.15, 0.2) is 5.78 Å². The molecule has 4 rings (SSSR count). The van der Waals surface area contributed by atoms with E-state index < -0.39 is 11.8 Å². The standard InChI is InChI=1S/C22H20FN3O2/c1-13-19(22(28)26-16-9-7-15(23)8-10-16)20(14-4-3-11-24-12-14)21-17(25-13)5-2-6-18(21)27/h3-4,7-12,19-20H,2,5-6H2,1H3,(H,26,28)/t19?,20-/m0/s1. The fourth-order valence-corrected chi connectivity index (χ4v) is 4.02. The second-order valence-corrected chi connectivity index (χ2v) is 7.13. The van der Waals surface area contributed by atoms with Gasteiger partial charge in [-0.2, -0.15) is 0 Å². The van der Waals surface area contributed by atoms with Gasteiger partial charge in [0.1, 0.15) is 5.82 Å². The van der Waals surface area contributed by atoms with Crippen LogP contribution in [0.4, 0.5) is 10.1 Å². The Morgan fingerprint density at radius 1 is 1.18 bits per heavy atom.